The fourth-order valence-corrected chi connectivity index (χ4v) is 6.61. The van der Waals surface area contributed by atoms with Crippen molar-refractivity contribution in [3.63, 3.8) is 0 Å². The Labute approximate surface area is 251 Å². The van der Waals surface area contributed by atoms with Gasteiger partial charge in [-0.1, -0.05) is 11.8 Å². The molecule has 4 rings (SSSR count). The number of hydrogen-bond donors (Lipinski definition) is 3. The summed E-state index contributed by atoms with van der Waals surface area (Å²) >= 11 is 0. The average Bonchev–Trinajstić information content (AvgIpc) is 2.94. The van der Waals surface area contributed by atoms with Gasteiger partial charge in [-0.25, -0.2) is 0 Å². The van der Waals surface area contributed by atoms with Gasteiger partial charge < -0.3 is 25.2 Å². The van der Waals surface area contributed by atoms with Crippen LogP contribution in [0.5, 0.6) is 0 Å². The molecule has 2 aliphatic rings. The van der Waals surface area contributed by atoms with Gasteiger partial charge in [-0.05, 0) is 116 Å². The van der Waals surface area contributed by atoms with Gasteiger partial charge in [0.1, 0.15) is 0 Å². The minimum absolute atomic E-state index is 0.161. The highest BCUT2D eigenvalue weighted by atomic mass is 16.3. The number of rotatable bonds is 8. The van der Waals surface area contributed by atoms with E-state index in [1.54, 1.807) is 0 Å². The van der Waals surface area contributed by atoms with E-state index in [9.17, 15) is 14.7 Å². The SMILES string of the molecule is CCN(c1cc(C#CCN2CCCC(O)C2)cc(C(=O)NCc2c(C)cc(C)[nH]c2=O)c1C)C1CCC(N(C)C)CC1. The Balaban J connectivity index is 1.62. The Morgan fingerprint density at radius 3 is 2.45 bits per heavy atom. The molecule has 1 saturated carbocycles. The summed E-state index contributed by atoms with van der Waals surface area (Å²) in [7, 11) is 4.33. The number of β-amino-alcohol motifs (C(OH)–C–C–N with tert-alkyl or cyclic N) is 1. The Kier molecular flexibility index (Phi) is 10.9. The van der Waals surface area contributed by atoms with Crippen molar-refractivity contribution in [2.24, 2.45) is 0 Å². The lowest BCUT2D eigenvalue weighted by Crippen LogP contribution is -2.42. The summed E-state index contributed by atoms with van der Waals surface area (Å²) < 4.78 is 0. The van der Waals surface area contributed by atoms with Crippen molar-refractivity contribution in [2.45, 2.75) is 91.0 Å². The second-order valence-corrected chi connectivity index (χ2v) is 12.3. The molecule has 1 aromatic carbocycles. The van der Waals surface area contributed by atoms with Gasteiger partial charge in [0.25, 0.3) is 11.5 Å². The maximum absolute atomic E-state index is 13.7. The molecule has 8 heteroatoms. The number of piperidine rings is 1. The maximum atomic E-state index is 13.7. The Morgan fingerprint density at radius 2 is 1.81 bits per heavy atom. The van der Waals surface area contributed by atoms with Gasteiger partial charge in [0.2, 0.25) is 0 Å². The third kappa shape index (κ3) is 7.83. The van der Waals surface area contributed by atoms with Crippen LogP contribution in [-0.2, 0) is 6.54 Å². The molecule has 2 heterocycles. The lowest BCUT2D eigenvalue weighted by atomic mass is 9.88. The number of nitrogens with one attached hydrogen (secondary N) is 2. The molecule has 2 fully saturated rings. The number of aromatic nitrogens is 1. The second kappa shape index (κ2) is 14.4. The number of hydrogen-bond acceptors (Lipinski definition) is 6. The van der Waals surface area contributed by atoms with Crippen LogP contribution in [0, 0.1) is 32.6 Å². The fourth-order valence-electron chi connectivity index (χ4n) is 6.61. The highest BCUT2D eigenvalue weighted by Gasteiger charge is 2.28. The number of carbonyl (C=O) groups excluding carboxylic acids is 1. The Hall–Kier alpha value is -3.12. The molecule has 3 N–H and O–H groups in total. The van der Waals surface area contributed by atoms with Crippen LogP contribution >= 0.6 is 0 Å². The summed E-state index contributed by atoms with van der Waals surface area (Å²) in [5.74, 6) is 6.43. The first kappa shape index (κ1) is 31.8. The smallest absolute Gasteiger partial charge is 0.253 e. The highest BCUT2D eigenvalue weighted by Crippen LogP contribution is 2.33. The van der Waals surface area contributed by atoms with Crippen LogP contribution < -0.4 is 15.8 Å². The predicted octanol–water partition coefficient (Wildman–Crippen LogP) is 3.74. The van der Waals surface area contributed by atoms with Crippen LogP contribution in [0.1, 0.15) is 83.8 Å². The lowest BCUT2D eigenvalue weighted by Gasteiger charge is -2.40. The van der Waals surface area contributed by atoms with Crippen LogP contribution in [0.2, 0.25) is 0 Å². The predicted molar refractivity (Wildman–Crippen MR) is 170 cm³/mol. The summed E-state index contributed by atoms with van der Waals surface area (Å²) in [4.78, 5) is 36.0. The standard InChI is InChI=1S/C34H49N5O3/c1-7-39(28-14-12-27(13-15-28)37(5)6)32-20-26(10-8-16-38-17-9-11-29(40)22-38)19-30(25(32)4)33(41)35-21-31-23(2)18-24(3)36-34(31)42/h18-20,27-29,40H,7,9,11-17,21-22H2,1-6H3,(H,35,41)(H,36,42). The number of likely N-dealkylation sites (tertiary alicyclic amines) is 1. The van der Waals surface area contributed by atoms with Crippen molar-refractivity contribution in [1.29, 1.82) is 0 Å². The first-order valence-corrected chi connectivity index (χ1v) is 15.5. The number of H-pyrrole nitrogens is 1. The van der Waals surface area contributed by atoms with Crippen molar-refractivity contribution in [3.8, 4) is 11.8 Å². The number of anilines is 1. The Morgan fingerprint density at radius 1 is 1.10 bits per heavy atom. The van der Waals surface area contributed by atoms with Gasteiger partial charge in [-0.3, -0.25) is 14.5 Å². The average molecular weight is 576 g/mol. The van der Waals surface area contributed by atoms with Gasteiger partial charge in [-0.2, -0.15) is 0 Å². The van der Waals surface area contributed by atoms with E-state index in [0.29, 0.717) is 36.3 Å². The number of benzene rings is 1. The molecule has 1 unspecified atom stereocenters. The first-order chi connectivity index (χ1) is 20.1. The molecule has 1 saturated heterocycles. The number of aryl methyl sites for hydroxylation is 2. The molecule has 2 aromatic rings. The third-order valence-electron chi connectivity index (χ3n) is 9.05. The number of aliphatic hydroxyl groups excluding tert-OH is 1. The minimum atomic E-state index is -0.285. The van der Waals surface area contributed by atoms with Gasteiger partial charge in [0.05, 0.1) is 12.6 Å². The second-order valence-electron chi connectivity index (χ2n) is 12.3. The zero-order valence-corrected chi connectivity index (χ0v) is 26.3. The van der Waals surface area contributed by atoms with E-state index in [0.717, 1.165) is 79.7 Å². The van der Waals surface area contributed by atoms with Crippen molar-refractivity contribution >= 4 is 11.6 Å². The van der Waals surface area contributed by atoms with Crippen LogP contribution in [0.3, 0.4) is 0 Å². The third-order valence-corrected chi connectivity index (χ3v) is 9.05. The summed E-state index contributed by atoms with van der Waals surface area (Å²) in [5.41, 5.74) is 5.45. The highest BCUT2D eigenvalue weighted by molar-refractivity contribution is 5.97. The van der Waals surface area contributed by atoms with Gasteiger partial charge in [0.15, 0.2) is 0 Å². The molecule has 1 aromatic heterocycles. The van der Waals surface area contributed by atoms with Crippen molar-refractivity contribution in [3.05, 3.63) is 62.1 Å². The monoisotopic (exact) mass is 575 g/mol. The van der Waals surface area contributed by atoms with E-state index in [-0.39, 0.29) is 24.1 Å². The quantitative estimate of drug-likeness (QED) is 0.416. The fraction of sp³-hybridized carbons (Fsp3) is 0.588. The molecule has 8 nitrogen and oxygen atoms in total. The zero-order chi connectivity index (χ0) is 30.4. The summed E-state index contributed by atoms with van der Waals surface area (Å²) in [6.45, 7) is 11.1. The molecule has 0 spiro atoms. The van der Waals surface area contributed by atoms with E-state index in [1.165, 1.54) is 0 Å². The van der Waals surface area contributed by atoms with Gasteiger partial charge >= 0.3 is 0 Å². The summed E-state index contributed by atoms with van der Waals surface area (Å²) in [6, 6.07) is 6.97. The molecule has 1 aliphatic heterocycles. The maximum Gasteiger partial charge on any atom is 0.253 e. The first-order valence-electron chi connectivity index (χ1n) is 15.5. The van der Waals surface area contributed by atoms with E-state index in [2.05, 4.69) is 63.9 Å². The molecule has 1 aliphatic carbocycles. The lowest BCUT2D eigenvalue weighted by molar-refractivity contribution is 0.0780. The van der Waals surface area contributed by atoms with Crippen LogP contribution in [0.15, 0.2) is 23.0 Å². The minimum Gasteiger partial charge on any atom is -0.392 e. The molecular weight excluding hydrogens is 526 g/mol. The van der Waals surface area contributed by atoms with Crippen molar-refractivity contribution in [2.75, 3.05) is 45.2 Å². The number of nitrogens with zero attached hydrogens (tertiary/aromatic N) is 3. The van der Waals surface area contributed by atoms with Crippen molar-refractivity contribution in [1.82, 2.24) is 20.1 Å². The molecular formula is C34H49N5O3. The molecule has 0 radical (unpaired) electrons. The largest absolute Gasteiger partial charge is 0.392 e. The topological polar surface area (TPSA) is 91.9 Å². The molecule has 1 amide bonds. The van der Waals surface area contributed by atoms with Crippen LogP contribution in [-0.4, -0.2) is 84.3 Å². The van der Waals surface area contributed by atoms with E-state index in [4.69, 9.17) is 0 Å². The summed E-state index contributed by atoms with van der Waals surface area (Å²) in [6.07, 6.45) is 6.08. The van der Waals surface area contributed by atoms with Gasteiger partial charge in [-0.15, -0.1) is 0 Å². The van der Waals surface area contributed by atoms with E-state index in [1.807, 2.05) is 32.9 Å². The van der Waals surface area contributed by atoms with Crippen LogP contribution in [0.25, 0.3) is 0 Å². The number of aromatic amines is 1. The Bertz CT molecular complexity index is 1360. The van der Waals surface area contributed by atoms with Crippen molar-refractivity contribution < 1.29 is 9.90 Å². The number of pyridine rings is 1. The normalized spacial score (nSPS) is 21.1. The van der Waals surface area contributed by atoms with Crippen LogP contribution in [0.4, 0.5) is 5.69 Å². The van der Waals surface area contributed by atoms with E-state index < -0.39 is 0 Å². The number of amides is 1. The number of aliphatic hydroxyl groups is 1. The molecule has 1 atom stereocenters. The van der Waals surface area contributed by atoms with Gasteiger partial charge in [0, 0.05) is 59.8 Å². The zero-order valence-electron chi connectivity index (χ0n) is 26.3. The van der Waals surface area contributed by atoms with E-state index >= 15 is 0 Å². The molecule has 228 valence electrons. The number of carbonyl (C=O) groups is 1. The molecule has 42 heavy (non-hydrogen) atoms. The summed E-state index contributed by atoms with van der Waals surface area (Å²) in [5, 5.41) is 13.0. The molecule has 0 bridgehead atoms.